The van der Waals surface area contributed by atoms with Gasteiger partial charge in [0.1, 0.15) is 5.82 Å². The minimum Gasteiger partial charge on any atom is -0.349 e. The number of rotatable bonds is 5. The Morgan fingerprint density at radius 2 is 2.05 bits per heavy atom. The molecule has 0 spiro atoms. The molecule has 0 aliphatic heterocycles. The number of hydrogen-bond donors (Lipinski definition) is 2. The van der Waals surface area contributed by atoms with Crippen LogP contribution in [0.25, 0.3) is 0 Å². The highest BCUT2D eigenvalue weighted by atomic mass is 19.1. The lowest BCUT2D eigenvalue weighted by Gasteiger charge is -2.26. The van der Waals surface area contributed by atoms with Crippen LogP contribution in [0.4, 0.5) is 4.39 Å². The first kappa shape index (κ1) is 16.6. The number of nitrogens with one attached hydrogen (secondary N) is 1. The molecular weight excluding hydrogens is 255 g/mol. The molecule has 0 aromatic heterocycles. The second-order valence-corrected chi connectivity index (χ2v) is 6.48. The average molecular weight is 280 g/mol. The summed E-state index contributed by atoms with van der Waals surface area (Å²) in [7, 11) is 0. The Hall–Kier alpha value is -1.42. The van der Waals surface area contributed by atoms with Crippen LogP contribution < -0.4 is 11.1 Å². The molecule has 4 heteroatoms. The summed E-state index contributed by atoms with van der Waals surface area (Å²) in [6.45, 7) is 8.41. The van der Waals surface area contributed by atoms with Gasteiger partial charge in [-0.05, 0) is 36.5 Å². The highest BCUT2D eigenvalue weighted by molar-refractivity contribution is 5.79. The highest BCUT2D eigenvalue weighted by Crippen LogP contribution is 2.24. The van der Waals surface area contributed by atoms with Crippen LogP contribution in [-0.2, 0) is 4.79 Å². The topological polar surface area (TPSA) is 55.1 Å². The number of amides is 1. The second kappa shape index (κ2) is 6.84. The van der Waals surface area contributed by atoms with Crippen molar-refractivity contribution in [1.29, 1.82) is 0 Å². The number of carbonyl (C=O) groups excluding carboxylic acids is 1. The zero-order chi connectivity index (χ0) is 15.3. The molecule has 3 nitrogen and oxygen atoms in total. The van der Waals surface area contributed by atoms with E-state index in [2.05, 4.69) is 26.1 Å². The minimum absolute atomic E-state index is 0.0451. The molecule has 0 aliphatic rings. The first-order valence-electron chi connectivity index (χ1n) is 6.99. The van der Waals surface area contributed by atoms with Crippen LogP contribution in [0.1, 0.15) is 45.7 Å². The van der Waals surface area contributed by atoms with Crippen molar-refractivity contribution in [3.05, 3.63) is 35.6 Å². The molecule has 1 amide bonds. The smallest absolute Gasteiger partial charge is 0.224 e. The molecular formula is C16H25FN2O. The van der Waals surface area contributed by atoms with Crippen molar-refractivity contribution in [3.63, 3.8) is 0 Å². The summed E-state index contributed by atoms with van der Waals surface area (Å²) in [5, 5.41) is 2.91. The van der Waals surface area contributed by atoms with Crippen LogP contribution in [0.2, 0.25) is 0 Å². The molecule has 20 heavy (non-hydrogen) atoms. The van der Waals surface area contributed by atoms with Crippen molar-refractivity contribution >= 4 is 5.91 Å². The average Bonchev–Trinajstić information content (AvgIpc) is 2.34. The number of halogens is 1. The van der Waals surface area contributed by atoms with E-state index >= 15 is 0 Å². The predicted octanol–water partition coefficient (Wildman–Crippen LogP) is 3.01. The van der Waals surface area contributed by atoms with E-state index in [1.54, 1.807) is 12.1 Å². The van der Waals surface area contributed by atoms with Crippen molar-refractivity contribution in [2.45, 2.75) is 40.2 Å². The van der Waals surface area contributed by atoms with E-state index in [4.69, 9.17) is 5.73 Å². The maximum absolute atomic E-state index is 13.2. The summed E-state index contributed by atoms with van der Waals surface area (Å²) in [6, 6.07) is 6.04. The molecule has 3 N–H and O–H groups in total. The van der Waals surface area contributed by atoms with E-state index in [1.807, 2.05) is 6.92 Å². The predicted molar refractivity (Wildman–Crippen MR) is 79.6 cm³/mol. The Morgan fingerprint density at radius 3 is 2.55 bits per heavy atom. The first-order chi connectivity index (χ1) is 9.23. The van der Waals surface area contributed by atoms with Crippen LogP contribution >= 0.6 is 0 Å². The quantitative estimate of drug-likeness (QED) is 0.871. The summed E-state index contributed by atoms with van der Waals surface area (Å²) in [5.41, 5.74) is 6.50. The van der Waals surface area contributed by atoms with Gasteiger partial charge in [0.25, 0.3) is 0 Å². The fourth-order valence-electron chi connectivity index (χ4n) is 2.21. The Morgan fingerprint density at radius 1 is 1.40 bits per heavy atom. The van der Waals surface area contributed by atoms with Crippen molar-refractivity contribution in [2.75, 3.05) is 6.54 Å². The largest absolute Gasteiger partial charge is 0.349 e. The molecule has 112 valence electrons. The lowest BCUT2D eigenvalue weighted by Crippen LogP contribution is -2.38. The van der Waals surface area contributed by atoms with E-state index in [-0.39, 0.29) is 29.1 Å². The van der Waals surface area contributed by atoms with E-state index in [0.29, 0.717) is 6.54 Å². The van der Waals surface area contributed by atoms with E-state index in [9.17, 15) is 9.18 Å². The molecule has 1 aromatic rings. The monoisotopic (exact) mass is 280 g/mol. The number of nitrogens with two attached hydrogens (primary N) is 1. The van der Waals surface area contributed by atoms with Crippen LogP contribution in [-0.4, -0.2) is 12.5 Å². The van der Waals surface area contributed by atoms with Crippen molar-refractivity contribution in [2.24, 2.45) is 17.1 Å². The van der Waals surface area contributed by atoms with Gasteiger partial charge in [0.2, 0.25) is 5.91 Å². The molecule has 0 heterocycles. The molecule has 0 aliphatic carbocycles. The van der Waals surface area contributed by atoms with Gasteiger partial charge in [-0.3, -0.25) is 4.79 Å². The molecule has 1 aromatic carbocycles. The van der Waals surface area contributed by atoms with Gasteiger partial charge in [-0.15, -0.1) is 0 Å². The molecule has 0 saturated heterocycles. The minimum atomic E-state index is -0.298. The fourth-order valence-corrected chi connectivity index (χ4v) is 2.21. The lowest BCUT2D eigenvalue weighted by molar-refractivity contribution is -0.126. The zero-order valence-electron chi connectivity index (χ0n) is 12.7. The number of carbonyl (C=O) groups is 1. The van der Waals surface area contributed by atoms with Gasteiger partial charge in [-0.2, -0.15) is 0 Å². The summed E-state index contributed by atoms with van der Waals surface area (Å²) in [5.74, 6) is -0.584. The second-order valence-electron chi connectivity index (χ2n) is 6.48. The van der Waals surface area contributed by atoms with Gasteiger partial charge in [0.05, 0.1) is 12.0 Å². The molecule has 0 fully saturated rings. The van der Waals surface area contributed by atoms with Gasteiger partial charge in [-0.1, -0.05) is 32.9 Å². The zero-order valence-corrected chi connectivity index (χ0v) is 12.7. The number of benzene rings is 1. The van der Waals surface area contributed by atoms with Crippen LogP contribution in [0.5, 0.6) is 0 Å². The third-order valence-electron chi connectivity index (χ3n) is 3.22. The Balaban J connectivity index is 2.68. The summed E-state index contributed by atoms with van der Waals surface area (Å²) in [4.78, 5) is 12.2. The Bertz CT molecular complexity index is 454. The molecule has 2 atom stereocenters. The molecule has 1 rings (SSSR count). The van der Waals surface area contributed by atoms with Crippen molar-refractivity contribution in [3.8, 4) is 0 Å². The molecule has 0 saturated carbocycles. The maximum Gasteiger partial charge on any atom is 0.224 e. The van der Waals surface area contributed by atoms with Crippen LogP contribution in [0, 0.1) is 17.2 Å². The van der Waals surface area contributed by atoms with Gasteiger partial charge in [0, 0.05) is 6.54 Å². The van der Waals surface area contributed by atoms with E-state index in [0.717, 1.165) is 12.0 Å². The SMILES string of the molecule is C[C@H](NC(=O)C(CN)CC(C)(C)C)c1cccc(F)c1. The highest BCUT2D eigenvalue weighted by Gasteiger charge is 2.24. The molecule has 0 bridgehead atoms. The van der Waals surface area contributed by atoms with Crippen molar-refractivity contribution < 1.29 is 9.18 Å². The number of hydrogen-bond acceptors (Lipinski definition) is 2. The Kier molecular flexibility index (Phi) is 5.69. The van der Waals surface area contributed by atoms with Crippen molar-refractivity contribution in [1.82, 2.24) is 5.32 Å². The maximum atomic E-state index is 13.2. The summed E-state index contributed by atoms with van der Waals surface area (Å²) < 4.78 is 13.2. The normalized spacial score (nSPS) is 14.7. The molecule has 1 unspecified atom stereocenters. The third-order valence-corrected chi connectivity index (χ3v) is 3.22. The van der Waals surface area contributed by atoms with Gasteiger partial charge < -0.3 is 11.1 Å². The Labute approximate surface area is 120 Å². The lowest BCUT2D eigenvalue weighted by atomic mass is 9.84. The fraction of sp³-hybridized carbons (Fsp3) is 0.562. The van der Waals surface area contributed by atoms with E-state index < -0.39 is 0 Å². The standard InChI is InChI=1S/C16H25FN2O/c1-11(12-6-5-7-14(17)8-12)19-15(20)13(10-18)9-16(2,3)4/h5-8,11,13H,9-10,18H2,1-4H3,(H,19,20)/t11-,13?/m0/s1. The van der Waals surface area contributed by atoms with Gasteiger partial charge >= 0.3 is 0 Å². The van der Waals surface area contributed by atoms with Crippen LogP contribution in [0.3, 0.4) is 0 Å². The summed E-state index contributed by atoms with van der Waals surface area (Å²) >= 11 is 0. The van der Waals surface area contributed by atoms with Crippen LogP contribution in [0.15, 0.2) is 24.3 Å². The van der Waals surface area contributed by atoms with Gasteiger partial charge in [-0.25, -0.2) is 4.39 Å². The first-order valence-corrected chi connectivity index (χ1v) is 6.99. The van der Waals surface area contributed by atoms with Gasteiger partial charge in [0.15, 0.2) is 0 Å². The third kappa shape index (κ3) is 5.29. The molecule has 0 radical (unpaired) electrons. The summed E-state index contributed by atoms with van der Waals surface area (Å²) in [6.07, 6.45) is 0.727. The van der Waals surface area contributed by atoms with E-state index in [1.165, 1.54) is 12.1 Å².